The largest absolute Gasteiger partial charge is 0.378 e. The molecular weight excluding hydrogens is 188 g/mol. The summed E-state index contributed by atoms with van der Waals surface area (Å²) in [5.41, 5.74) is 5.69. The predicted octanol–water partition coefficient (Wildman–Crippen LogP) is 1.47. The number of nitrogens with two attached hydrogens (primary N) is 1. The van der Waals surface area contributed by atoms with E-state index in [4.69, 9.17) is 10.5 Å². The Hall–Kier alpha value is -0.120. The highest BCUT2D eigenvalue weighted by Gasteiger charge is 2.26. The van der Waals surface area contributed by atoms with Crippen molar-refractivity contribution in [3.8, 4) is 0 Å². The second kappa shape index (κ2) is 6.46. The van der Waals surface area contributed by atoms with E-state index >= 15 is 0 Å². The Morgan fingerprint density at radius 1 is 1.40 bits per heavy atom. The highest BCUT2D eigenvalue weighted by molar-refractivity contribution is 4.82. The summed E-state index contributed by atoms with van der Waals surface area (Å²) in [6.07, 6.45) is 3.70. The van der Waals surface area contributed by atoms with Crippen LogP contribution in [0.2, 0.25) is 0 Å². The third-order valence-electron chi connectivity index (χ3n) is 2.85. The zero-order valence-corrected chi connectivity index (χ0v) is 10.4. The predicted molar refractivity (Wildman–Crippen MR) is 63.9 cm³/mol. The Labute approximate surface area is 94.0 Å². The lowest BCUT2D eigenvalue weighted by Crippen LogP contribution is -2.41. The molecule has 0 aliphatic heterocycles. The second-order valence-corrected chi connectivity index (χ2v) is 5.23. The van der Waals surface area contributed by atoms with Crippen LogP contribution in [-0.4, -0.2) is 43.8 Å². The minimum absolute atomic E-state index is 0.401. The second-order valence-electron chi connectivity index (χ2n) is 5.23. The van der Waals surface area contributed by atoms with Gasteiger partial charge in [-0.25, -0.2) is 0 Å². The van der Waals surface area contributed by atoms with E-state index in [1.54, 1.807) is 0 Å². The molecule has 2 N–H and O–H groups in total. The smallest absolute Gasteiger partial charge is 0.0604 e. The normalized spacial score (nSPS) is 26.0. The van der Waals surface area contributed by atoms with E-state index in [9.17, 15) is 0 Å². The van der Waals surface area contributed by atoms with Gasteiger partial charge in [0.25, 0.3) is 0 Å². The molecule has 0 aromatic heterocycles. The zero-order valence-electron chi connectivity index (χ0n) is 10.4. The molecule has 1 fully saturated rings. The maximum atomic E-state index is 5.70. The van der Waals surface area contributed by atoms with Crippen LogP contribution in [0.25, 0.3) is 0 Å². The van der Waals surface area contributed by atoms with Gasteiger partial charge in [0.05, 0.1) is 6.10 Å². The van der Waals surface area contributed by atoms with Gasteiger partial charge in [-0.3, -0.25) is 0 Å². The van der Waals surface area contributed by atoms with Crippen LogP contribution in [0, 0.1) is 5.92 Å². The first-order valence-electron chi connectivity index (χ1n) is 6.13. The molecule has 3 heteroatoms. The van der Waals surface area contributed by atoms with Crippen molar-refractivity contribution >= 4 is 0 Å². The van der Waals surface area contributed by atoms with E-state index in [-0.39, 0.29) is 0 Å². The fraction of sp³-hybridized carbons (Fsp3) is 1.00. The van der Waals surface area contributed by atoms with Crippen LogP contribution < -0.4 is 5.73 Å². The van der Waals surface area contributed by atoms with E-state index in [2.05, 4.69) is 25.8 Å². The summed E-state index contributed by atoms with van der Waals surface area (Å²) in [6, 6.07) is 0.401. The topological polar surface area (TPSA) is 38.5 Å². The summed E-state index contributed by atoms with van der Waals surface area (Å²) in [7, 11) is 2.18. The van der Waals surface area contributed by atoms with Crippen molar-refractivity contribution in [1.82, 2.24) is 4.90 Å². The highest BCUT2D eigenvalue weighted by Crippen LogP contribution is 2.21. The Balaban J connectivity index is 1.88. The van der Waals surface area contributed by atoms with Crippen molar-refractivity contribution in [3.63, 3.8) is 0 Å². The van der Waals surface area contributed by atoms with Crippen molar-refractivity contribution in [3.05, 3.63) is 0 Å². The molecule has 0 spiro atoms. The molecule has 0 aromatic carbocycles. The minimum atomic E-state index is 0.401. The Morgan fingerprint density at radius 2 is 2.07 bits per heavy atom. The number of nitrogens with zero attached hydrogens (tertiary/aromatic N) is 1. The Bertz CT molecular complexity index is 167. The molecule has 15 heavy (non-hydrogen) atoms. The van der Waals surface area contributed by atoms with Crippen molar-refractivity contribution in [1.29, 1.82) is 0 Å². The van der Waals surface area contributed by atoms with Crippen LogP contribution in [0.1, 0.15) is 33.1 Å². The van der Waals surface area contributed by atoms with Crippen molar-refractivity contribution in [2.75, 3.05) is 26.7 Å². The van der Waals surface area contributed by atoms with Gasteiger partial charge in [-0.1, -0.05) is 13.8 Å². The van der Waals surface area contributed by atoms with Crippen LogP contribution >= 0.6 is 0 Å². The van der Waals surface area contributed by atoms with Crippen LogP contribution in [-0.2, 0) is 4.74 Å². The van der Waals surface area contributed by atoms with Gasteiger partial charge >= 0.3 is 0 Å². The first-order chi connectivity index (χ1) is 7.08. The number of hydrogen-bond acceptors (Lipinski definition) is 3. The standard InChI is InChI=1S/C12H26N2O/c1-10(2)9-14(3)5-4-6-15-12-7-11(13)8-12/h10-12H,4-9,13H2,1-3H3. The van der Waals surface area contributed by atoms with Gasteiger partial charge in [-0.05, 0) is 32.2 Å². The SMILES string of the molecule is CC(C)CN(C)CCCOC1CC(N)C1. The lowest BCUT2D eigenvalue weighted by molar-refractivity contribution is -0.0113. The van der Waals surface area contributed by atoms with Gasteiger partial charge in [0.1, 0.15) is 0 Å². The Morgan fingerprint density at radius 3 is 2.60 bits per heavy atom. The van der Waals surface area contributed by atoms with E-state index in [0.717, 1.165) is 38.3 Å². The van der Waals surface area contributed by atoms with Gasteiger partial charge in [0.2, 0.25) is 0 Å². The van der Waals surface area contributed by atoms with E-state index in [0.29, 0.717) is 12.1 Å². The lowest BCUT2D eigenvalue weighted by atomic mass is 9.90. The van der Waals surface area contributed by atoms with Crippen molar-refractivity contribution < 1.29 is 4.74 Å². The van der Waals surface area contributed by atoms with Crippen LogP contribution in [0.15, 0.2) is 0 Å². The third-order valence-corrected chi connectivity index (χ3v) is 2.85. The van der Waals surface area contributed by atoms with E-state index in [1.165, 1.54) is 6.54 Å². The van der Waals surface area contributed by atoms with Crippen molar-refractivity contribution in [2.24, 2.45) is 11.7 Å². The molecule has 1 aliphatic carbocycles. The van der Waals surface area contributed by atoms with Crippen LogP contribution in [0.4, 0.5) is 0 Å². The summed E-state index contributed by atoms with van der Waals surface area (Å²) in [4.78, 5) is 2.38. The quantitative estimate of drug-likeness (QED) is 0.652. The van der Waals surface area contributed by atoms with Gasteiger partial charge in [-0.2, -0.15) is 0 Å². The molecule has 0 saturated heterocycles. The highest BCUT2D eigenvalue weighted by atomic mass is 16.5. The number of ether oxygens (including phenoxy) is 1. The molecular formula is C12H26N2O. The summed E-state index contributed by atoms with van der Waals surface area (Å²) in [6.45, 7) is 7.70. The summed E-state index contributed by atoms with van der Waals surface area (Å²) in [5.74, 6) is 0.751. The molecule has 1 aliphatic rings. The number of hydrogen-bond donors (Lipinski definition) is 1. The van der Waals surface area contributed by atoms with Crippen LogP contribution in [0.3, 0.4) is 0 Å². The molecule has 1 saturated carbocycles. The lowest BCUT2D eigenvalue weighted by Gasteiger charge is -2.32. The zero-order chi connectivity index (χ0) is 11.3. The summed E-state index contributed by atoms with van der Waals surface area (Å²) in [5, 5.41) is 0. The molecule has 0 amide bonds. The molecule has 0 unspecified atom stereocenters. The maximum absolute atomic E-state index is 5.70. The van der Waals surface area contributed by atoms with Crippen LogP contribution in [0.5, 0.6) is 0 Å². The van der Waals surface area contributed by atoms with Gasteiger partial charge in [0.15, 0.2) is 0 Å². The average Bonchev–Trinajstić information content (AvgIpc) is 2.07. The minimum Gasteiger partial charge on any atom is -0.378 e. The molecule has 0 bridgehead atoms. The first kappa shape index (κ1) is 12.9. The molecule has 0 radical (unpaired) electrons. The number of rotatable bonds is 7. The first-order valence-corrected chi connectivity index (χ1v) is 6.13. The molecule has 1 rings (SSSR count). The monoisotopic (exact) mass is 214 g/mol. The van der Waals surface area contributed by atoms with Gasteiger partial charge in [0, 0.05) is 25.7 Å². The summed E-state index contributed by atoms with van der Waals surface area (Å²) >= 11 is 0. The average molecular weight is 214 g/mol. The fourth-order valence-corrected chi connectivity index (χ4v) is 2.04. The van der Waals surface area contributed by atoms with Gasteiger partial charge in [-0.15, -0.1) is 0 Å². The van der Waals surface area contributed by atoms with Gasteiger partial charge < -0.3 is 15.4 Å². The molecule has 90 valence electrons. The maximum Gasteiger partial charge on any atom is 0.0604 e. The molecule has 3 nitrogen and oxygen atoms in total. The molecule has 0 atom stereocenters. The molecule has 0 heterocycles. The fourth-order valence-electron chi connectivity index (χ4n) is 2.04. The van der Waals surface area contributed by atoms with Crippen molar-refractivity contribution in [2.45, 2.75) is 45.3 Å². The summed E-state index contributed by atoms with van der Waals surface area (Å²) < 4.78 is 5.70. The third kappa shape index (κ3) is 5.50. The van der Waals surface area contributed by atoms with E-state index in [1.807, 2.05) is 0 Å². The molecule has 0 aromatic rings. The van der Waals surface area contributed by atoms with E-state index < -0.39 is 0 Å². The Kier molecular flexibility index (Phi) is 5.58.